The number of carbonyl (C=O) groups excluding carboxylic acids is 1. The summed E-state index contributed by atoms with van der Waals surface area (Å²) in [4.78, 5) is 11.7. The molecule has 0 atom stereocenters. The van der Waals surface area contributed by atoms with E-state index in [0.29, 0.717) is 37.4 Å². The first kappa shape index (κ1) is 30.7. The predicted molar refractivity (Wildman–Crippen MR) is 120 cm³/mol. The molecule has 1 N–H and O–H groups in total. The average Bonchev–Trinajstić information content (AvgIpc) is 2.76. The monoisotopic (exact) mass is 511 g/mol. The number of halogens is 7. The second-order valence-electron chi connectivity index (χ2n) is 8.56. The first-order valence-corrected chi connectivity index (χ1v) is 11.4. The summed E-state index contributed by atoms with van der Waals surface area (Å²) in [6.45, 7) is 3.52. The highest BCUT2D eigenvalue weighted by Crippen LogP contribution is 2.36. The number of allylic oxidation sites excluding steroid dienone is 3. The summed E-state index contributed by atoms with van der Waals surface area (Å²) in [6.07, 6.45) is -1.53. The lowest BCUT2D eigenvalue weighted by molar-refractivity contribution is -0.143. The first-order chi connectivity index (χ1) is 16.3. The fourth-order valence-corrected chi connectivity index (χ4v) is 3.00. The van der Waals surface area contributed by atoms with Gasteiger partial charge in [0.05, 0.1) is 17.7 Å². The quantitative estimate of drug-likeness (QED) is 0.122. The van der Waals surface area contributed by atoms with Gasteiger partial charge in [-0.05, 0) is 54.5 Å². The number of carbonyl (C=O) groups is 1. The van der Waals surface area contributed by atoms with Crippen LogP contribution in [0.2, 0.25) is 0 Å². The third kappa shape index (κ3) is 13.3. The Morgan fingerprint density at radius 1 is 0.971 bits per heavy atom. The molecule has 0 saturated heterocycles. The number of hydrogen-bond donors (Lipinski definition) is 1. The van der Waals surface area contributed by atoms with Gasteiger partial charge in [-0.15, -0.1) is 0 Å². The summed E-state index contributed by atoms with van der Waals surface area (Å²) in [7, 11) is 0. The van der Waals surface area contributed by atoms with E-state index in [-0.39, 0.29) is 36.3 Å². The third-order valence-electron chi connectivity index (χ3n) is 4.81. The standard InChI is InChI=1S/C25H32F7NO2/c1-18(2)16-33-23(34)13-19(15-26)9-7-5-3-4-6-8-10-35-17-20-11-21(24(27,28)29)14-22(12-20)25(30,31)32/h7,9,11-14,18H,3-6,8,10,15-17H2,1-2H3,(H,33,34)/b9-7+,19-13+. The zero-order chi connectivity index (χ0) is 26.5. The van der Waals surface area contributed by atoms with Crippen LogP contribution < -0.4 is 5.32 Å². The van der Waals surface area contributed by atoms with Crippen molar-refractivity contribution >= 4 is 5.91 Å². The van der Waals surface area contributed by atoms with Crippen LogP contribution in [0.1, 0.15) is 62.6 Å². The van der Waals surface area contributed by atoms with Gasteiger partial charge in [-0.25, -0.2) is 4.39 Å². The number of alkyl halides is 7. The Morgan fingerprint density at radius 2 is 1.57 bits per heavy atom. The second-order valence-corrected chi connectivity index (χ2v) is 8.56. The van der Waals surface area contributed by atoms with Gasteiger partial charge in [0.15, 0.2) is 0 Å². The van der Waals surface area contributed by atoms with E-state index >= 15 is 0 Å². The fourth-order valence-electron chi connectivity index (χ4n) is 3.00. The maximum atomic E-state index is 13.0. The first-order valence-electron chi connectivity index (χ1n) is 11.4. The topological polar surface area (TPSA) is 38.3 Å². The van der Waals surface area contributed by atoms with E-state index in [4.69, 9.17) is 4.74 Å². The van der Waals surface area contributed by atoms with Crippen LogP contribution in [0.3, 0.4) is 0 Å². The molecule has 0 aliphatic rings. The molecule has 1 amide bonds. The van der Waals surface area contributed by atoms with Crippen LogP contribution in [0.4, 0.5) is 30.7 Å². The number of ether oxygens (including phenoxy) is 1. The highest BCUT2D eigenvalue weighted by Gasteiger charge is 2.36. The lowest BCUT2D eigenvalue weighted by Gasteiger charge is -2.14. The molecule has 10 heteroatoms. The van der Waals surface area contributed by atoms with Crippen LogP contribution in [-0.4, -0.2) is 25.7 Å². The Kier molecular flexibility index (Phi) is 13.1. The molecular formula is C25H32F7NO2. The highest BCUT2D eigenvalue weighted by molar-refractivity contribution is 5.88. The SMILES string of the molecule is CC(C)CNC(=O)/C=C(\C=C\CCCCCCOCc1cc(C(F)(F)F)cc(C(F)(F)F)c1)CF. The molecule has 0 aliphatic heterocycles. The molecule has 0 saturated carbocycles. The van der Waals surface area contributed by atoms with Gasteiger partial charge in [0.1, 0.15) is 6.67 Å². The Hall–Kier alpha value is -2.36. The molecule has 0 aliphatic carbocycles. The van der Waals surface area contributed by atoms with Gasteiger partial charge < -0.3 is 10.1 Å². The number of rotatable bonds is 14. The zero-order valence-corrected chi connectivity index (χ0v) is 19.9. The van der Waals surface area contributed by atoms with E-state index in [9.17, 15) is 35.5 Å². The number of nitrogens with one attached hydrogen (secondary N) is 1. The minimum atomic E-state index is -4.88. The van der Waals surface area contributed by atoms with Gasteiger partial charge in [-0.3, -0.25) is 4.79 Å². The summed E-state index contributed by atoms with van der Waals surface area (Å²) in [5.41, 5.74) is -2.63. The molecule has 198 valence electrons. The van der Waals surface area contributed by atoms with Crippen LogP contribution in [0, 0.1) is 5.92 Å². The summed E-state index contributed by atoms with van der Waals surface area (Å²) in [6, 6.07) is 1.41. The molecule has 1 rings (SSSR count). The molecule has 1 aromatic rings. The molecule has 0 aromatic heterocycles. The summed E-state index contributed by atoms with van der Waals surface area (Å²) < 4.78 is 95.6. The lowest BCUT2D eigenvalue weighted by Crippen LogP contribution is -2.25. The largest absolute Gasteiger partial charge is 0.416 e. The van der Waals surface area contributed by atoms with Crippen molar-refractivity contribution in [2.45, 2.75) is 64.9 Å². The minimum Gasteiger partial charge on any atom is -0.377 e. The van der Waals surface area contributed by atoms with E-state index in [2.05, 4.69) is 5.32 Å². The van der Waals surface area contributed by atoms with Crippen molar-refractivity contribution < 1.29 is 40.3 Å². The van der Waals surface area contributed by atoms with Gasteiger partial charge >= 0.3 is 12.4 Å². The highest BCUT2D eigenvalue weighted by atomic mass is 19.4. The summed E-state index contributed by atoms with van der Waals surface area (Å²) in [5.74, 6) is -0.0410. The van der Waals surface area contributed by atoms with Crippen LogP contribution in [-0.2, 0) is 28.5 Å². The maximum Gasteiger partial charge on any atom is 0.416 e. The van der Waals surface area contributed by atoms with Crippen molar-refractivity contribution in [1.82, 2.24) is 5.32 Å². The van der Waals surface area contributed by atoms with Gasteiger partial charge in [-0.2, -0.15) is 26.3 Å². The molecule has 0 bridgehead atoms. The second kappa shape index (κ2) is 14.9. The van der Waals surface area contributed by atoms with E-state index in [1.54, 1.807) is 12.2 Å². The molecule has 0 heterocycles. The molecule has 0 unspecified atom stereocenters. The van der Waals surface area contributed by atoms with E-state index < -0.39 is 30.2 Å². The van der Waals surface area contributed by atoms with Crippen LogP contribution in [0.25, 0.3) is 0 Å². The van der Waals surface area contributed by atoms with Crippen LogP contribution in [0.5, 0.6) is 0 Å². The van der Waals surface area contributed by atoms with Crippen LogP contribution in [0.15, 0.2) is 42.0 Å². The molecule has 35 heavy (non-hydrogen) atoms. The normalized spacial score (nSPS) is 13.1. The van der Waals surface area contributed by atoms with Gasteiger partial charge in [0.2, 0.25) is 5.91 Å². The van der Waals surface area contributed by atoms with E-state index in [1.165, 1.54) is 6.08 Å². The van der Waals surface area contributed by atoms with E-state index in [1.807, 2.05) is 13.8 Å². The van der Waals surface area contributed by atoms with Crippen molar-refractivity contribution in [3.05, 3.63) is 58.7 Å². The molecule has 0 fully saturated rings. The van der Waals surface area contributed by atoms with Gasteiger partial charge in [-0.1, -0.05) is 38.8 Å². The zero-order valence-electron chi connectivity index (χ0n) is 19.9. The smallest absolute Gasteiger partial charge is 0.377 e. The maximum absolute atomic E-state index is 13.0. The van der Waals surface area contributed by atoms with Crippen molar-refractivity contribution in [2.75, 3.05) is 19.8 Å². The van der Waals surface area contributed by atoms with Crippen molar-refractivity contribution in [3.8, 4) is 0 Å². The Labute approximate surface area is 201 Å². The van der Waals surface area contributed by atoms with Crippen LogP contribution >= 0.6 is 0 Å². The Balaban J connectivity index is 2.34. The third-order valence-corrected chi connectivity index (χ3v) is 4.81. The van der Waals surface area contributed by atoms with Crippen molar-refractivity contribution in [2.24, 2.45) is 5.92 Å². The number of amides is 1. The predicted octanol–water partition coefficient (Wildman–Crippen LogP) is 7.42. The number of benzene rings is 1. The molecule has 1 aromatic carbocycles. The average molecular weight is 512 g/mol. The molecule has 3 nitrogen and oxygen atoms in total. The fraction of sp³-hybridized carbons (Fsp3) is 0.560. The van der Waals surface area contributed by atoms with Gasteiger partial charge in [0.25, 0.3) is 0 Å². The van der Waals surface area contributed by atoms with E-state index in [0.717, 1.165) is 19.3 Å². The Morgan fingerprint density at radius 3 is 2.11 bits per heavy atom. The summed E-state index contributed by atoms with van der Waals surface area (Å²) >= 11 is 0. The minimum absolute atomic E-state index is 0.0892. The number of hydrogen-bond acceptors (Lipinski definition) is 2. The molecule has 0 spiro atoms. The van der Waals surface area contributed by atoms with Crippen molar-refractivity contribution in [1.29, 1.82) is 0 Å². The molecular weight excluding hydrogens is 479 g/mol. The number of unbranched alkanes of at least 4 members (excludes halogenated alkanes) is 4. The Bertz CT molecular complexity index is 811. The summed E-state index contributed by atoms with van der Waals surface area (Å²) in [5, 5.41) is 2.68. The molecule has 0 radical (unpaired) electrons. The van der Waals surface area contributed by atoms with Crippen molar-refractivity contribution in [3.63, 3.8) is 0 Å². The lowest BCUT2D eigenvalue weighted by atomic mass is 10.1. The van der Waals surface area contributed by atoms with Gasteiger partial charge in [0, 0.05) is 19.2 Å².